The number of ketones is 1. The molecule has 0 unspecified atom stereocenters. The number of hydrogen-bond acceptors (Lipinski definition) is 9. The summed E-state index contributed by atoms with van der Waals surface area (Å²) in [4.78, 5) is 29.4. The minimum absolute atomic E-state index is 0.327. The van der Waals surface area contributed by atoms with E-state index in [1.165, 1.54) is 11.1 Å². The van der Waals surface area contributed by atoms with Crippen molar-refractivity contribution >= 4 is 23.1 Å². The zero-order valence-electron chi connectivity index (χ0n) is 27.0. The number of anilines is 3. The SMILES string of the molecule is COc1ccc2cc1CN(C)CCCC(=O)CN1CCN(CC1)Cc1cc(NCCc3ccccc3)cc(c1)Nc1nccc-2n1. The summed E-state index contributed by atoms with van der Waals surface area (Å²) in [5, 5.41) is 7.14. The van der Waals surface area contributed by atoms with Crippen molar-refractivity contribution in [3.63, 3.8) is 0 Å². The van der Waals surface area contributed by atoms with Gasteiger partial charge >= 0.3 is 0 Å². The first kappa shape index (κ1) is 31.7. The molecule has 0 spiro atoms. The van der Waals surface area contributed by atoms with Gasteiger partial charge in [0.25, 0.3) is 0 Å². The van der Waals surface area contributed by atoms with Crippen molar-refractivity contribution in [2.45, 2.75) is 32.4 Å². The first-order valence-electron chi connectivity index (χ1n) is 16.3. The lowest BCUT2D eigenvalue weighted by Crippen LogP contribution is -2.47. The van der Waals surface area contributed by atoms with E-state index < -0.39 is 0 Å². The van der Waals surface area contributed by atoms with Gasteiger partial charge in [0.2, 0.25) is 5.95 Å². The number of piperazine rings is 1. The van der Waals surface area contributed by atoms with Gasteiger partial charge in [-0.15, -0.1) is 0 Å². The lowest BCUT2D eigenvalue weighted by Gasteiger charge is -2.34. The third-order valence-electron chi connectivity index (χ3n) is 8.77. The summed E-state index contributed by atoms with van der Waals surface area (Å²) in [6, 6.07) is 25.3. The van der Waals surface area contributed by atoms with Crippen LogP contribution >= 0.6 is 0 Å². The fourth-order valence-corrected chi connectivity index (χ4v) is 6.33. The molecular weight excluding hydrogens is 574 g/mol. The monoisotopic (exact) mass is 619 g/mol. The number of aromatic nitrogens is 2. The van der Waals surface area contributed by atoms with E-state index in [0.29, 0.717) is 24.7 Å². The maximum absolute atomic E-state index is 12.9. The fourth-order valence-electron chi connectivity index (χ4n) is 6.33. The van der Waals surface area contributed by atoms with E-state index >= 15 is 0 Å². The molecule has 0 radical (unpaired) electrons. The van der Waals surface area contributed by atoms with Crippen molar-refractivity contribution in [2.75, 3.05) is 70.6 Å². The van der Waals surface area contributed by atoms with Crippen LogP contribution in [0.15, 0.2) is 79.0 Å². The average Bonchev–Trinajstić information content (AvgIpc) is 3.06. The molecule has 1 fully saturated rings. The Hall–Kier alpha value is -4.31. The van der Waals surface area contributed by atoms with E-state index in [9.17, 15) is 4.79 Å². The van der Waals surface area contributed by atoms with Gasteiger partial charge in [0, 0.05) is 80.9 Å². The van der Waals surface area contributed by atoms with Gasteiger partial charge in [-0.1, -0.05) is 30.3 Å². The fraction of sp³-hybridized carbons (Fsp3) is 0.378. The smallest absolute Gasteiger partial charge is 0.227 e. The van der Waals surface area contributed by atoms with Crippen LogP contribution in [0.3, 0.4) is 0 Å². The first-order valence-corrected chi connectivity index (χ1v) is 16.3. The molecule has 0 amide bonds. The lowest BCUT2D eigenvalue weighted by atomic mass is 10.1. The van der Waals surface area contributed by atoms with Gasteiger partial charge in [-0.25, -0.2) is 9.97 Å². The summed E-state index contributed by atoms with van der Waals surface area (Å²) in [5.74, 6) is 1.73. The van der Waals surface area contributed by atoms with E-state index in [4.69, 9.17) is 9.72 Å². The number of nitrogens with zero attached hydrogens (tertiary/aromatic N) is 5. The number of benzene rings is 3. The molecule has 0 saturated carbocycles. The summed E-state index contributed by atoms with van der Waals surface area (Å²) in [7, 11) is 3.80. The molecule has 3 aliphatic rings. The van der Waals surface area contributed by atoms with Crippen LogP contribution in [-0.4, -0.2) is 90.4 Å². The van der Waals surface area contributed by atoms with E-state index in [1.54, 1.807) is 13.3 Å². The standard InChI is InChI=1S/C37H45N7O2/c1-42-16-6-9-34(45)27-44-19-17-43(18-20-44)25-29-21-32(38-14-12-28-7-4-3-5-8-28)24-33(22-29)40-37-39-15-13-35(41-37)30-10-11-36(46-2)31(23-30)26-42/h3-5,7-8,10-11,13,15,21-24,38H,6,9,12,14,16-20,25-27H2,1-2H3,(H,39,40,41). The molecule has 0 atom stereocenters. The molecule has 3 aromatic carbocycles. The lowest BCUT2D eigenvalue weighted by molar-refractivity contribution is -0.120. The highest BCUT2D eigenvalue weighted by molar-refractivity contribution is 5.80. The highest BCUT2D eigenvalue weighted by atomic mass is 16.5. The predicted molar refractivity (Wildman–Crippen MR) is 185 cm³/mol. The summed E-state index contributed by atoms with van der Waals surface area (Å²) in [6.07, 6.45) is 4.19. The second-order valence-corrected chi connectivity index (χ2v) is 12.4. The minimum atomic E-state index is 0.327. The summed E-state index contributed by atoms with van der Waals surface area (Å²) in [6.45, 7) is 7.47. The Kier molecular flexibility index (Phi) is 10.5. The molecule has 4 aromatic rings. The van der Waals surface area contributed by atoms with Gasteiger partial charge in [0.1, 0.15) is 11.5 Å². The van der Waals surface area contributed by atoms with Crippen molar-refractivity contribution < 1.29 is 9.53 Å². The van der Waals surface area contributed by atoms with Crippen LogP contribution in [0.2, 0.25) is 0 Å². The van der Waals surface area contributed by atoms with Gasteiger partial charge in [-0.3, -0.25) is 14.6 Å². The molecule has 8 bridgehead atoms. The molecule has 240 valence electrons. The van der Waals surface area contributed by atoms with Gasteiger partial charge in [0.15, 0.2) is 0 Å². The third-order valence-corrected chi connectivity index (χ3v) is 8.77. The quantitative estimate of drug-likeness (QED) is 0.302. The first-order chi connectivity index (χ1) is 22.5. The van der Waals surface area contributed by atoms with Crippen molar-refractivity contribution in [1.82, 2.24) is 24.7 Å². The van der Waals surface area contributed by atoms with Gasteiger partial charge in [-0.05, 0) is 80.0 Å². The van der Waals surface area contributed by atoms with E-state index in [-0.39, 0.29) is 0 Å². The zero-order chi connectivity index (χ0) is 31.7. The third kappa shape index (κ3) is 8.69. The number of hydrogen-bond donors (Lipinski definition) is 2. The molecule has 1 aromatic heterocycles. The van der Waals surface area contributed by atoms with E-state index in [0.717, 1.165) is 99.1 Å². The summed E-state index contributed by atoms with van der Waals surface area (Å²) in [5.41, 5.74) is 7.47. The Labute approximate surface area is 272 Å². The maximum Gasteiger partial charge on any atom is 0.227 e. The van der Waals surface area contributed by atoms with Crippen molar-refractivity contribution in [1.29, 1.82) is 0 Å². The minimum Gasteiger partial charge on any atom is -0.496 e. The molecule has 4 heterocycles. The van der Waals surface area contributed by atoms with Crippen LogP contribution in [0.1, 0.15) is 29.5 Å². The van der Waals surface area contributed by atoms with E-state index in [2.05, 4.69) is 92.0 Å². The van der Waals surface area contributed by atoms with Gasteiger partial charge in [-0.2, -0.15) is 0 Å². The number of nitrogens with one attached hydrogen (secondary N) is 2. The highest BCUT2D eigenvalue weighted by Crippen LogP contribution is 2.28. The van der Waals surface area contributed by atoms with E-state index in [1.807, 2.05) is 18.2 Å². The topological polar surface area (TPSA) is 85.9 Å². The maximum atomic E-state index is 12.9. The Morgan fingerprint density at radius 2 is 1.70 bits per heavy atom. The molecule has 2 N–H and O–H groups in total. The molecular formula is C37H45N7O2. The van der Waals surface area contributed by atoms with Crippen molar-refractivity contribution in [3.05, 3.63) is 95.7 Å². The van der Waals surface area contributed by atoms with Crippen molar-refractivity contribution in [3.8, 4) is 17.0 Å². The molecule has 9 heteroatoms. The zero-order valence-corrected chi connectivity index (χ0v) is 27.0. The highest BCUT2D eigenvalue weighted by Gasteiger charge is 2.20. The largest absolute Gasteiger partial charge is 0.496 e. The second-order valence-electron chi connectivity index (χ2n) is 12.4. The predicted octanol–water partition coefficient (Wildman–Crippen LogP) is 5.46. The average molecular weight is 620 g/mol. The molecule has 3 aliphatic heterocycles. The van der Waals surface area contributed by atoms with Crippen LogP contribution in [0.4, 0.5) is 17.3 Å². The van der Waals surface area contributed by atoms with Crippen LogP contribution in [0, 0.1) is 0 Å². The Morgan fingerprint density at radius 1 is 0.891 bits per heavy atom. The van der Waals surface area contributed by atoms with Gasteiger partial charge in [0.05, 0.1) is 19.3 Å². The molecule has 46 heavy (non-hydrogen) atoms. The Balaban J connectivity index is 1.28. The Bertz CT molecular complexity index is 1600. The summed E-state index contributed by atoms with van der Waals surface area (Å²) >= 11 is 0. The van der Waals surface area contributed by atoms with Crippen molar-refractivity contribution in [2.24, 2.45) is 0 Å². The molecule has 1 saturated heterocycles. The van der Waals surface area contributed by atoms with Crippen LogP contribution in [-0.2, 0) is 24.3 Å². The van der Waals surface area contributed by atoms with Gasteiger partial charge < -0.3 is 20.3 Å². The number of Topliss-reactive ketones (excluding diaryl/α,β-unsaturated/α-hetero) is 1. The summed E-state index contributed by atoms with van der Waals surface area (Å²) < 4.78 is 5.71. The van der Waals surface area contributed by atoms with Crippen LogP contribution < -0.4 is 15.4 Å². The molecule has 0 aliphatic carbocycles. The number of carbonyl (C=O) groups excluding carboxylic acids is 1. The molecule has 7 rings (SSSR count). The number of fused-ring (bicyclic) bond motifs is 8. The Morgan fingerprint density at radius 3 is 2.50 bits per heavy atom. The van der Waals surface area contributed by atoms with Crippen LogP contribution in [0.25, 0.3) is 11.3 Å². The number of methoxy groups -OCH3 is 1. The number of carbonyl (C=O) groups is 1. The number of rotatable bonds is 5. The molecule has 9 nitrogen and oxygen atoms in total. The van der Waals surface area contributed by atoms with Crippen LogP contribution in [0.5, 0.6) is 5.75 Å². The second kappa shape index (κ2) is 15.3. The number of ether oxygens (including phenoxy) is 1. The normalized spacial score (nSPS) is 19.4.